The van der Waals surface area contributed by atoms with Crippen molar-refractivity contribution < 1.29 is 27.5 Å². The number of ether oxygens (including phenoxy) is 1. The van der Waals surface area contributed by atoms with E-state index in [1.165, 1.54) is 0 Å². The predicted octanol–water partition coefficient (Wildman–Crippen LogP) is 1.54. The van der Waals surface area contributed by atoms with Gasteiger partial charge in [-0.3, -0.25) is 9.59 Å². The van der Waals surface area contributed by atoms with Crippen molar-refractivity contribution >= 4 is 17.6 Å². The van der Waals surface area contributed by atoms with E-state index >= 15 is 0 Å². The lowest BCUT2D eigenvalue weighted by Gasteiger charge is -2.16. The summed E-state index contributed by atoms with van der Waals surface area (Å²) in [4.78, 5) is 27.0. The van der Waals surface area contributed by atoms with Crippen LogP contribution >= 0.6 is 0 Å². The molecule has 1 aromatic heterocycles. The smallest absolute Gasteiger partial charge is 0.416 e. The van der Waals surface area contributed by atoms with Crippen molar-refractivity contribution in [1.82, 2.24) is 4.98 Å². The molecule has 0 saturated carbocycles. The Hall–Kier alpha value is -2.38. The van der Waals surface area contributed by atoms with Crippen molar-refractivity contribution in [3.63, 3.8) is 0 Å². The molecule has 0 aliphatic carbocycles. The molecule has 2 rings (SSSR count). The SMILES string of the molecule is COc1cc(C(F)(F)F)cc(N2C(=O)C=CC2=O)n1. The van der Waals surface area contributed by atoms with Crippen molar-refractivity contribution in [1.29, 1.82) is 0 Å². The number of methoxy groups -OCH3 is 1. The molecule has 0 radical (unpaired) electrons. The van der Waals surface area contributed by atoms with Crippen LogP contribution < -0.4 is 9.64 Å². The average Bonchev–Trinajstić information content (AvgIpc) is 2.67. The summed E-state index contributed by atoms with van der Waals surface area (Å²) in [5.41, 5.74) is -1.05. The van der Waals surface area contributed by atoms with E-state index in [4.69, 9.17) is 0 Å². The van der Waals surface area contributed by atoms with E-state index in [1.807, 2.05) is 0 Å². The fourth-order valence-corrected chi connectivity index (χ4v) is 1.50. The highest BCUT2D eigenvalue weighted by Gasteiger charge is 2.34. The summed E-state index contributed by atoms with van der Waals surface area (Å²) >= 11 is 0. The second kappa shape index (κ2) is 4.38. The first-order valence-electron chi connectivity index (χ1n) is 5.02. The molecule has 0 spiro atoms. The molecule has 8 heteroatoms. The molecule has 100 valence electrons. The molecular weight excluding hydrogens is 265 g/mol. The summed E-state index contributed by atoms with van der Waals surface area (Å²) in [7, 11) is 1.14. The number of alkyl halides is 3. The van der Waals surface area contributed by atoms with Crippen LogP contribution in [0.25, 0.3) is 0 Å². The second-order valence-electron chi connectivity index (χ2n) is 3.60. The molecule has 0 aromatic carbocycles. The van der Waals surface area contributed by atoms with Crippen molar-refractivity contribution in [2.24, 2.45) is 0 Å². The molecule has 0 atom stereocenters. The molecule has 0 fully saturated rings. The summed E-state index contributed by atoms with van der Waals surface area (Å²) in [6, 6.07) is 1.30. The maximum absolute atomic E-state index is 12.7. The van der Waals surface area contributed by atoms with Crippen LogP contribution in [0.2, 0.25) is 0 Å². The highest BCUT2D eigenvalue weighted by atomic mass is 19.4. The van der Waals surface area contributed by atoms with Crippen LogP contribution in [0.3, 0.4) is 0 Å². The largest absolute Gasteiger partial charge is 0.481 e. The topological polar surface area (TPSA) is 59.5 Å². The van der Waals surface area contributed by atoms with Gasteiger partial charge in [0.1, 0.15) is 5.82 Å². The predicted molar refractivity (Wildman–Crippen MR) is 57.4 cm³/mol. The van der Waals surface area contributed by atoms with Gasteiger partial charge in [0.05, 0.1) is 12.7 Å². The Morgan fingerprint density at radius 3 is 2.21 bits per heavy atom. The van der Waals surface area contributed by atoms with Gasteiger partial charge in [0.2, 0.25) is 5.88 Å². The summed E-state index contributed by atoms with van der Waals surface area (Å²) in [5.74, 6) is -2.26. The van der Waals surface area contributed by atoms with Gasteiger partial charge in [-0.2, -0.15) is 18.2 Å². The number of hydrogen-bond acceptors (Lipinski definition) is 4. The van der Waals surface area contributed by atoms with Crippen molar-refractivity contribution in [3.05, 3.63) is 29.8 Å². The molecule has 1 aliphatic rings. The minimum atomic E-state index is -4.63. The Bertz CT molecular complexity index is 563. The van der Waals surface area contributed by atoms with Gasteiger partial charge in [-0.05, 0) is 6.07 Å². The Kier molecular flexibility index (Phi) is 3.01. The average molecular weight is 272 g/mol. The number of rotatable bonds is 2. The molecule has 0 N–H and O–H groups in total. The molecular formula is C11H7F3N2O3. The fraction of sp³-hybridized carbons (Fsp3) is 0.182. The third kappa shape index (κ3) is 2.42. The minimum absolute atomic E-state index is 0.336. The number of nitrogens with zero attached hydrogens (tertiary/aromatic N) is 2. The molecule has 1 aliphatic heterocycles. The van der Waals surface area contributed by atoms with E-state index in [-0.39, 0.29) is 5.88 Å². The first-order chi connectivity index (χ1) is 8.82. The van der Waals surface area contributed by atoms with Gasteiger partial charge in [-0.25, -0.2) is 4.90 Å². The van der Waals surface area contributed by atoms with Crippen LogP contribution in [0.5, 0.6) is 5.88 Å². The molecule has 5 nitrogen and oxygen atoms in total. The molecule has 2 amide bonds. The highest BCUT2D eigenvalue weighted by Crippen LogP contribution is 2.33. The van der Waals surface area contributed by atoms with E-state index in [1.54, 1.807) is 0 Å². The molecule has 0 bridgehead atoms. The zero-order valence-corrected chi connectivity index (χ0v) is 9.56. The molecule has 0 saturated heterocycles. The molecule has 19 heavy (non-hydrogen) atoms. The highest BCUT2D eigenvalue weighted by molar-refractivity contribution is 6.27. The van der Waals surface area contributed by atoms with E-state index in [0.717, 1.165) is 19.3 Å². The number of imide groups is 1. The number of aromatic nitrogens is 1. The molecule has 2 heterocycles. The fourth-order valence-electron chi connectivity index (χ4n) is 1.50. The number of amides is 2. The van der Waals surface area contributed by atoms with Gasteiger partial charge < -0.3 is 4.74 Å². The maximum Gasteiger partial charge on any atom is 0.416 e. The van der Waals surface area contributed by atoms with Gasteiger partial charge in [-0.1, -0.05) is 0 Å². The quantitative estimate of drug-likeness (QED) is 0.766. The lowest BCUT2D eigenvalue weighted by molar-refractivity contribution is -0.137. The summed E-state index contributed by atoms with van der Waals surface area (Å²) in [5, 5.41) is 0. The number of hydrogen-bond donors (Lipinski definition) is 0. The molecule has 1 aromatic rings. The second-order valence-corrected chi connectivity index (χ2v) is 3.60. The number of halogens is 3. The Balaban J connectivity index is 2.52. The van der Waals surface area contributed by atoms with Crippen LogP contribution in [-0.4, -0.2) is 23.9 Å². The maximum atomic E-state index is 12.7. The summed E-state index contributed by atoms with van der Waals surface area (Å²) < 4.78 is 42.7. The zero-order valence-electron chi connectivity index (χ0n) is 9.56. The Morgan fingerprint density at radius 2 is 1.74 bits per heavy atom. The first-order valence-corrected chi connectivity index (χ1v) is 5.02. The van der Waals surface area contributed by atoms with Crippen LogP contribution in [-0.2, 0) is 15.8 Å². The van der Waals surface area contributed by atoms with E-state index in [0.29, 0.717) is 17.0 Å². The van der Waals surface area contributed by atoms with Crippen molar-refractivity contribution in [3.8, 4) is 5.88 Å². The standard InChI is InChI=1S/C11H7F3N2O3/c1-19-8-5-6(11(12,13)14)4-7(15-8)16-9(17)2-3-10(16)18/h2-5H,1H3. The summed E-state index contributed by atoms with van der Waals surface area (Å²) in [6.45, 7) is 0. The monoisotopic (exact) mass is 272 g/mol. The number of carbonyl (C=O) groups is 2. The van der Waals surface area contributed by atoms with Crippen LogP contribution in [0.4, 0.5) is 19.0 Å². The van der Waals surface area contributed by atoms with Crippen molar-refractivity contribution in [2.45, 2.75) is 6.18 Å². The number of pyridine rings is 1. The van der Waals surface area contributed by atoms with Crippen LogP contribution in [0, 0.1) is 0 Å². The van der Waals surface area contributed by atoms with Gasteiger partial charge in [0, 0.05) is 18.2 Å². The Morgan fingerprint density at radius 1 is 1.16 bits per heavy atom. The van der Waals surface area contributed by atoms with Gasteiger partial charge >= 0.3 is 6.18 Å². The lowest BCUT2D eigenvalue weighted by atomic mass is 10.2. The summed E-state index contributed by atoms with van der Waals surface area (Å²) in [6.07, 6.45) is -2.72. The van der Waals surface area contributed by atoms with E-state index < -0.39 is 29.4 Å². The normalized spacial score (nSPS) is 15.3. The number of carbonyl (C=O) groups excluding carboxylic acids is 2. The minimum Gasteiger partial charge on any atom is -0.481 e. The van der Waals surface area contributed by atoms with Crippen LogP contribution in [0.1, 0.15) is 5.56 Å². The molecule has 0 unspecified atom stereocenters. The third-order valence-corrected chi connectivity index (χ3v) is 2.36. The third-order valence-electron chi connectivity index (χ3n) is 2.36. The first kappa shape index (κ1) is 13.1. The van der Waals surface area contributed by atoms with Gasteiger partial charge in [0.25, 0.3) is 11.8 Å². The van der Waals surface area contributed by atoms with Crippen LogP contribution in [0.15, 0.2) is 24.3 Å². The zero-order chi connectivity index (χ0) is 14.2. The van der Waals surface area contributed by atoms with Gasteiger partial charge in [0.15, 0.2) is 0 Å². The Labute approximate surface area is 105 Å². The lowest BCUT2D eigenvalue weighted by Crippen LogP contribution is -2.30. The van der Waals surface area contributed by atoms with Crippen molar-refractivity contribution in [2.75, 3.05) is 12.0 Å². The van der Waals surface area contributed by atoms with E-state index in [9.17, 15) is 22.8 Å². The number of anilines is 1. The van der Waals surface area contributed by atoms with Gasteiger partial charge in [-0.15, -0.1) is 0 Å². The van der Waals surface area contributed by atoms with E-state index in [2.05, 4.69) is 9.72 Å².